The highest BCUT2D eigenvalue weighted by atomic mass is 16.5. The molecular weight excluding hydrogens is 356 g/mol. The lowest BCUT2D eigenvalue weighted by Gasteiger charge is -2.45. The number of piperidine rings is 1. The molecule has 1 N–H and O–H groups in total. The second kappa shape index (κ2) is 7.50. The zero-order valence-electron chi connectivity index (χ0n) is 16.8. The number of nitrogens with zero attached hydrogens (tertiary/aromatic N) is 5. The lowest BCUT2D eigenvalue weighted by molar-refractivity contribution is -0.167. The van der Waals surface area contributed by atoms with E-state index in [1.165, 1.54) is 0 Å². The summed E-state index contributed by atoms with van der Waals surface area (Å²) in [6.45, 7) is 8.83. The van der Waals surface area contributed by atoms with Crippen LogP contribution in [0.2, 0.25) is 0 Å². The first-order chi connectivity index (χ1) is 13.5. The van der Waals surface area contributed by atoms with Gasteiger partial charge in [0.25, 0.3) is 5.91 Å². The second-order valence-electron chi connectivity index (χ2n) is 8.19. The molecule has 8 nitrogen and oxygen atoms in total. The van der Waals surface area contributed by atoms with Gasteiger partial charge in [-0.2, -0.15) is 0 Å². The molecule has 28 heavy (non-hydrogen) atoms. The van der Waals surface area contributed by atoms with Crippen LogP contribution in [0.3, 0.4) is 0 Å². The molecule has 2 aliphatic rings. The van der Waals surface area contributed by atoms with Crippen LogP contribution in [-0.4, -0.2) is 51.2 Å². The van der Waals surface area contributed by atoms with Crippen molar-refractivity contribution in [2.24, 2.45) is 5.92 Å². The van der Waals surface area contributed by atoms with Crippen LogP contribution < -0.4 is 10.2 Å². The van der Waals surface area contributed by atoms with Gasteiger partial charge in [0.15, 0.2) is 6.10 Å². The van der Waals surface area contributed by atoms with Crippen LogP contribution in [0, 0.1) is 12.8 Å². The van der Waals surface area contributed by atoms with Gasteiger partial charge in [0, 0.05) is 57.3 Å². The molecule has 8 heteroatoms. The number of aromatic nitrogens is 4. The normalized spacial score (nSPS) is 21.0. The fraction of sp³-hybridized carbons (Fsp3) is 0.600. The van der Waals surface area contributed by atoms with Crippen molar-refractivity contribution in [3.63, 3.8) is 0 Å². The Bertz CT molecular complexity index is 823. The SMILES string of the molecule is Cc1cnc(N2CCC3(CC2)O[C@H](C(=O)NCC(C)C)Cn2ccnc23)nc1. The fourth-order valence-corrected chi connectivity index (χ4v) is 3.91. The average molecular weight is 384 g/mol. The Morgan fingerprint density at radius 2 is 2.00 bits per heavy atom. The maximum Gasteiger partial charge on any atom is 0.251 e. The molecule has 1 fully saturated rings. The van der Waals surface area contributed by atoms with E-state index in [-0.39, 0.29) is 5.91 Å². The molecular formula is C20H28N6O2. The van der Waals surface area contributed by atoms with E-state index in [2.05, 4.69) is 43.6 Å². The van der Waals surface area contributed by atoms with E-state index in [0.717, 1.165) is 43.3 Å². The minimum Gasteiger partial charge on any atom is -0.354 e. The minimum atomic E-state index is -0.539. The van der Waals surface area contributed by atoms with Crippen LogP contribution in [0.25, 0.3) is 0 Å². The lowest BCUT2D eigenvalue weighted by atomic mass is 9.88. The summed E-state index contributed by atoms with van der Waals surface area (Å²) in [4.78, 5) is 28.3. The van der Waals surface area contributed by atoms with Gasteiger partial charge in [0.1, 0.15) is 11.4 Å². The molecule has 0 saturated carbocycles. The van der Waals surface area contributed by atoms with Crippen LogP contribution in [0.1, 0.15) is 38.1 Å². The smallest absolute Gasteiger partial charge is 0.251 e. The van der Waals surface area contributed by atoms with Gasteiger partial charge in [-0.15, -0.1) is 0 Å². The third-order valence-electron chi connectivity index (χ3n) is 5.45. The van der Waals surface area contributed by atoms with E-state index in [1.54, 1.807) is 6.20 Å². The molecule has 0 aliphatic carbocycles. The van der Waals surface area contributed by atoms with Crippen molar-refractivity contribution in [2.75, 3.05) is 24.5 Å². The van der Waals surface area contributed by atoms with Crippen molar-refractivity contribution in [2.45, 2.75) is 51.9 Å². The Hall–Kier alpha value is -2.48. The van der Waals surface area contributed by atoms with Gasteiger partial charge in [0.05, 0.1) is 6.54 Å². The maximum atomic E-state index is 12.7. The number of carbonyl (C=O) groups is 1. The van der Waals surface area contributed by atoms with Crippen LogP contribution in [-0.2, 0) is 21.7 Å². The van der Waals surface area contributed by atoms with E-state index < -0.39 is 11.7 Å². The van der Waals surface area contributed by atoms with Gasteiger partial charge in [0.2, 0.25) is 5.95 Å². The number of ether oxygens (including phenoxy) is 1. The molecule has 0 bridgehead atoms. The van der Waals surface area contributed by atoms with E-state index in [1.807, 2.05) is 25.5 Å². The highest BCUT2D eigenvalue weighted by Gasteiger charge is 2.47. The highest BCUT2D eigenvalue weighted by Crippen LogP contribution is 2.40. The van der Waals surface area contributed by atoms with Crippen molar-refractivity contribution in [1.82, 2.24) is 24.8 Å². The Balaban J connectivity index is 1.50. The molecule has 1 amide bonds. The molecule has 2 aromatic heterocycles. The molecule has 1 spiro atoms. The van der Waals surface area contributed by atoms with E-state index >= 15 is 0 Å². The Morgan fingerprint density at radius 3 is 2.68 bits per heavy atom. The molecule has 1 saturated heterocycles. The monoisotopic (exact) mass is 384 g/mol. The molecule has 0 aromatic carbocycles. The van der Waals surface area contributed by atoms with Crippen molar-refractivity contribution in [3.05, 3.63) is 36.2 Å². The molecule has 0 unspecified atom stereocenters. The van der Waals surface area contributed by atoms with Crippen LogP contribution >= 0.6 is 0 Å². The van der Waals surface area contributed by atoms with Gasteiger partial charge in [-0.3, -0.25) is 4.79 Å². The highest BCUT2D eigenvalue weighted by molar-refractivity contribution is 5.80. The number of rotatable bonds is 4. The summed E-state index contributed by atoms with van der Waals surface area (Å²) >= 11 is 0. The molecule has 4 rings (SSSR count). The standard InChI is InChI=1S/C20H28N6O2/c1-14(2)10-22-17(27)16-13-26-9-6-21-18(26)20(28-16)4-7-25(8-5-20)19-23-11-15(3)12-24-19/h6,9,11-12,14,16H,4-5,7-8,10,13H2,1-3H3,(H,22,27)/t16-/m0/s1. The zero-order valence-corrected chi connectivity index (χ0v) is 16.8. The summed E-state index contributed by atoms with van der Waals surface area (Å²) in [6.07, 6.45) is 8.41. The summed E-state index contributed by atoms with van der Waals surface area (Å²) in [5, 5.41) is 3.01. The first kappa shape index (κ1) is 18.9. The van der Waals surface area contributed by atoms with E-state index in [0.29, 0.717) is 19.0 Å². The number of amides is 1. The fourth-order valence-electron chi connectivity index (χ4n) is 3.91. The summed E-state index contributed by atoms with van der Waals surface area (Å²) in [5.74, 6) is 2.02. The van der Waals surface area contributed by atoms with Crippen LogP contribution in [0.5, 0.6) is 0 Å². The number of hydrogen-bond donors (Lipinski definition) is 1. The van der Waals surface area contributed by atoms with Crippen LogP contribution in [0.4, 0.5) is 5.95 Å². The quantitative estimate of drug-likeness (QED) is 0.863. The number of aryl methyl sites for hydroxylation is 1. The van der Waals surface area contributed by atoms with Crippen molar-refractivity contribution >= 4 is 11.9 Å². The van der Waals surface area contributed by atoms with Gasteiger partial charge < -0.3 is 19.5 Å². The van der Waals surface area contributed by atoms with Crippen LogP contribution in [0.15, 0.2) is 24.8 Å². The summed E-state index contributed by atoms with van der Waals surface area (Å²) in [7, 11) is 0. The molecule has 1 atom stereocenters. The van der Waals surface area contributed by atoms with E-state index in [4.69, 9.17) is 4.74 Å². The molecule has 4 heterocycles. The molecule has 150 valence electrons. The topological polar surface area (TPSA) is 85.2 Å². The van der Waals surface area contributed by atoms with Gasteiger partial charge in [-0.1, -0.05) is 13.8 Å². The predicted molar refractivity (Wildman–Crippen MR) is 105 cm³/mol. The number of hydrogen-bond acceptors (Lipinski definition) is 6. The summed E-state index contributed by atoms with van der Waals surface area (Å²) in [6, 6.07) is 0. The number of carbonyl (C=O) groups excluding carboxylic acids is 1. The average Bonchev–Trinajstić information content (AvgIpc) is 3.17. The first-order valence-corrected chi connectivity index (χ1v) is 9.97. The largest absolute Gasteiger partial charge is 0.354 e. The molecule has 0 radical (unpaired) electrons. The number of nitrogens with one attached hydrogen (secondary N) is 1. The third kappa shape index (κ3) is 3.61. The van der Waals surface area contributed by atoms with Crippen molar-refractivity contribution in [1.29, 1.82) is 0 Å². The van der Waals surface area contributed by atoms with E-state index in [9.17, 15) is 4.79 Å². The van der Waals surface area contributed by atoms with Crippen molar-refractivity contribution < 1.29 is 9.53 Å². The Morgan fingerprint density at radius 1 is 1.29 bits per heavy atom. The summed E-state index contributed by atoms with van der Waals surface area (Å²) in [5.41, 5.74) is 0.508. The molecule has 2 aromatic rings. The third-order valence-corrected chi connectivity index (χ3v) is 5.45. The molecule has 2 aliphatic heterocycles. The van der Waals surface area contributed by atoms with Gasteiger partial charge >= 0.3 is 0 Å². The van der Waals surface area contributed by atoms with Gasteiger partial charge in [-0.25, -0.2) is 15.0 Å². The van der Waals surface area contributed by atoms with Gasteiger partial charge in [-0.05, 0) is 18.4 Å². The zero-order chi connectivity index (χ0) is 19.7. The first-order valence-electron chi connectivity index (χ1n) is 9.97. The number of anilines is 1. The van der Waals surface area contributed by atoms with Crippen molar-refractivity contribution in [3.8, 4) is 0 Å². The summed E-state index contributed by atoms with van der Waals surface area (Å²) < 4.78 is 8.50. The minimum absolute atomic E-state index is 0.0447. The Labute approximate surface area is 165 Å². The Kier molecular flexibility index (Phi) is 5.05. The number of fused-ring (bicyclic) bond motifs is 2. The maximum absolute atomic E-state index is 12.7. The second-order valence-corrected chi connectivity index (χ2v) is 8.19. The lowest BCUT2D eigenvalue weighted by Crippen LogP contribution is -2.54. The predicted octanol–water partition coefficient (Wildman–Crippen LogP) is 1.65. The number of imidazole rings is 1.